The summed E-state index contributed by atoms with van der Waals surface area (Å²) < 4.78 is 33.0. The molecule has 2 aliphatic rings. The number of ether oxygens (including phenoxy) is 1. The van der Waals surface area contributed by atoms with Crippen molar-refractivity contribution in [2.75, 3.05) is 37.7 Å². The Morgan fingerprint density at radius 3 is 2.31 bits per heavy atom. The van der Waals surface area contributed by atoms with Gasteiger partial charge >= 0.3 is 0 Å². The number of sulfonamides is 1. The van der Waals surface area contributed by atoms with Crippen molar-refractivity contribution in [2.45, 2.75) is 11.8 Å². The maximum Gasteiger partial charge on any atom is 0.262 e. The van der Waals surface area contributed by atoms with Crippen LogP contribution in [-0.2, 0) is 14.8 Å². The van der Waals surface area contributed by atoms with Crippen LogP contribution in [0.2, 0.25) is 0 Å². The first-order valence-electron chi connectivity index (χ1n) is 9.25. The highest BCUT2D eigenvalue weighted by Crippen LogP contribution is 2.27. The van der Waals surface area contributed by atoms with Crippen molar-refractivity contribution in [2.24, 2.45) is 0 Å². The Bertz CT molecular complexity index is 1060. The SMILES string of the molecule is Cc1ccc(S(=O)(=O)Nc2ccc3c(c2)C(=O)N(CN2CCOCC2)C3=O)cc1. The second-order valence-electron chi connectivity index (χ2n) is 7.09. The molecule has 1 N–H and O–H groups in total. The van der Waals surface area contributed by atoms with E-state index in [0.717, 1.165) is 5.56 Å². The van der Waals surface area contributed by atoms with Gasteiger partial charge in [0.05, 0.1) is 35.9 Å². The fraction of sp³-hybridized carbons (Fsp3) is 0.300. The van der Waals surface area contributed by atoms with Crippen LogP contribution in [0.15, 0.2) is 47.4 Å². The molecule has 1 saturated heterocycles. The van der Waals surface area contributed by atoms with Gasteiger partial charge in [0.15, 0.2) is 0 Å². The molecule has 0 bridgehead atoms. The zero-order valence-electron chi connectivity index (χ0n) is 15.9. The van der Waals surface area contributed by atoms with Crippen LogP contribution in [0.3, 0.4) is 0 Å². The lowest BCUT2D eigenvalue weighted by atomic mass is 10.1. The van der Waals surface area contributed by atoms with E-state index in [1.165, 1.54) is 35.2 Å². The number of hydrogen-bond acceptors (Lipinski definition) is 6. The summed E-state index contributed by atoms with van der Waals surface area (Å²) in [6.07, 6.45) is 0. The van der Waals surface area contributed by atoms with Gasteiger partial charge in [-0.15, -0.1) is 0 Å². The second-order valence-corrected chi connectivity index (χ2v) is 8.77. The maximum atomic E-state index is 12.8. The number of aryl methyl sites for hydroxylation is 1. The minimum absolute atomic E-state index is 0.125. The number of rotatable bonds is 5. The highest BCUT2D eigenvalue weighted by Gasteiger charge is 2.37. The number of fused-ring (bicyclic) bond motifs is 1. The molecule has 8 nitrogen and oxygen atoms in total. The van der Waals surface area contributed by atoms with E-state index in [2.05, 4.69) is 4.72 Å². The number of nitrogens with one attached hydrogen (secondary N) is 1. The monoisotopic (exact) mass is 415 g/mol. The average Bonchev–Trinajstić information content (AvgIpc) is 2.93. The van der Waals surface area contributed by atoms with E-state index in [1.54, 1.807) is 12.1 Å². The molecule has 0 aliphatic carbocycles. The smallest absolute Gasteiger partial charge is 0.262 e. The molecule has 0 unspecified atom stereocenters. The standard InChI is InChI=1S/C20H21N3O5S/c1-14-2-5-16(6-3-14)29(26,27)21-15-4-7-17-18(12-15)20(25)23(19(17)24)13-22-8-10-28-11-9-22/h2-7,12,21H,8-11,13H2,1H3. The zero-order valence-corrected chi connectivity index (χ0v) is 16.7. The molecule has 0 saturated carbocycles. The summed E-state index contributed by atoms with van der Waals surface area (Å²) in [4.78, 5) is 28.7. The normalized spacial score (nSPS) is 17.5. The fourth-order valence-corrected chi connectivity index (χ4v) is 4.41. The molecule has 0 aromatic heterocycles. The lowest BCUT2D eigenvalue weighted by molar-refractivity contribution is 0.0124. The molecule has 4 rings (SSSR count). The third-order valence-corrected chi connectivity index (χ3v) is 6.40. The van der Waals surface area contributed by atoms with Gasteiger partial charge in [-0.2, -0.15) is 0 Å². The molecule has 2 heterocycles. The molecule has 1 fully saturated rings. The first-order valence-corrected chi connectivity index (χ1v) is 10.7. The van der Waals surface area contributed by atoms with E-state index in [-0.39, 0.29) is 34.3 Å². The van der Waals surface area contributed by atoms with Crippen LogP contribution < -0.4 is 4.72 Å². The topological polar surface area (TPSA) is 96.0 Å². The van der Waals surface area contributed by atoms with Gasteiger partial charge in [-0.25, -0.2) is 8.42 Å². The summed E-state index contributed by atoms with van der Waals surface area (Å²) in [6, 6.07) is 10.9. The van der Waals surface area contributed by atoms with Gasteiger partial charge in [-0.3, -0.25) is 24.1 Å². The van der Waals surface area contributed by atoms with Gasteiger partial charge in [-0.05, 0) is 37.3 Å². The number of nitrogens with zero attached hydrogens (tertiary/aromatic N) is 2. The highest BCUT2D eigenvalue weighted by atomic mass is 32.2. The second kappa shape index (κ2) is 7.58. The van der Waals surface area contributed by atoms with Gasteiger partial charge in [0.25, 0.3) is 21.8 Å². The minimum Gasteiger partial charge on any atom is -0.379 e. The lowest BCUT2D eigenvalue weighted by Gasteiger charge is -2.29. The van der Waals surface area contributed by atoms with Crippen LogP contribution in [0, 0.1) is 6.92 Å². The molecule has 2 aromatic carbocycles. The predicted molar refractivity (Wildman–Crippen MR) is 106 cm³/mol. The van der Waals surface area contributed by atoms with Crippen LogP contribution in [0.25, 0.3) is 0 Å². The first kappa shape index (κ1) is 19.6. The van der Waals surface area contributed by atoms with Gasteiger partial charge in [-0.1, -0.05) is 17.7 Å². The Morgan fingerprint density at radius 1 is 0.966 bits per heavy atom. The van der Waals surface area contributed by atoms with E-state index in [1.807, 2.05) is 11.8 Å². The number of anilines is 1. The van der Waals surface area contributed by atoms with Crippen LogP contribution >= 0.6 is 0 Å². The summed E-state index contributed by atoms with van der Waals surface area (Å²) in [5, 5.41) is 0. The molecule has 0 atom stereocenters. The van der Waals surface area contributed by atoms with E-state index >= 15 is 0 Å². The summed E-state index contributed by atoms with van der Waals surface area (Å²) in [5.41, 5.74) is 1.67. The van der Waals surface area contributed by atoms with Crippen LogP contribution in [-0.4, -0.2) is 63.0 Å². The molecular weight excluding hydrogens is 394 g/mol. The number of carbonyl (C=O) groups excluding carboxylic acids is 2. The number of morpholine rings is 1. The largest absolute Gasteiger partial charge is 0.379 e. The third kappa shape index (κ3) is 3.89. The Labute approximate surface area is 169 Å². The van der Waals surface area contributed by atoms with Crippen molar-refractivity contribution in [3.8, 4) is 0 Å². The molecule has 9 heteroatoms. The maximum absolute atomic E-state index is 12.8. The lowest BCUT2D eigenvalue weighted by Crippen LogP contribution is -2.46. The van der Waals surface area contributed by atoms with Crippen molar-refractivity contribution in [3.05, 3.63) is 59.2 Å². The minimum atomic E-state index is -3.80. The number of benzene rings is 2. The number of imide groups is 1. The number of carbonyl (C=O) groups is 2. The van der Waals surface area contributed by atoms with Crippen molar-refractivity contribution < 1.29 is 22.7 Å². The van der Waals surface area contributed by atoms with Crippen LogP contribution in [0.4, 0.5) is 5.69 Å². The Balaban J connectivity index is 1.54. The van der Waals surface area contributed by atoms with Gasteiger partial charge in [0.2, 0.25) is 0 Å². The average molecular weight is 415 g/mol. The number of hydrogen-bond donors (Lipinski definition) is 1. The van der Waals surface area contributed by atoms with E-state index in [9.17, 15) is 18.0 Å². The van der Waals surface area contributed by atoms with Gasteiger partial charge in [0, 0.05) is 18.8 Å². The van der Waals surface area contributed by atoms with Crippen molar-refractivity contribution in [1.29, 1.82) is 0 Å². The molecule has 0 radical (unpaired) electrons. The van der Waals surface area contributed by atoms with E-state index < -0.39 is 15.9 Å². The number of amides is 2. The first-order chi connectivity index (χ1) is 13.8. The third-order valence-electron chi connectivity index (χ3n) is 5.00. The van der Waals surface area contributed by atoms with Gasteiger partial charge < -0.3 is 4.74 Å². The van der Waals surface area contributed by atoms with Crippen LogP contribution in [0.5, 0.6) is 0 Å². The van der Waals surface area contributed by atoms with E-state index in [0.29, 0.717) is 26.3 Å². The summed E-state index contributed by atoms with van der Waals surface area (Å²) in [6.45, 7) is 4.49. The quantitative estimate of drug-likeness (QED) is 0.747. The van der Waals surface area contributed by atoms with Gasteiger partial charge in [0.1, 0.15) is 0 Å². The highest BCUT2D eigenvalue weighted by molar-refractivity contribution is 7.92. The summed E-state index contributed by atoms with van der Waals surface area (Å²) in [7, 11) is -3.80. The molecule has 29 heavy (non-hydrogen) atoms. The van der Waals surface area contributed by atoms with Crippen molar-refractivity contribution in [1.82, 2.24) is 9.80 Å². The molecule has 0 spiro atoms. The molecule has 2 aliphatic heterocycles. The Morgan fingerprint density at radius 2 is 1.62 bits per heavy atom. The summed E-state index contributed by atoms with van der Waals surface area (Å²) >= 11 is 0. The van der Waals surface area contributed by atoms with Crippen molar-refractivity contribution >= 4 is 27.5 Å². The Kier molecular flexibility index (Phi) is 5.12. The molecular formula is C20H21N3O5S. The van der Waals surface area contributed by atoms with Crippen LogP contribution in [0.1, 0.15) is 26.3 Å². The molecule has 2 amide bonds. The molecule has 2 aromatic rings. The Hall–Kier alpha value is -2.75. The van der Waals surface area contributed by atoms with E-state index in [4.69, 9.17) is 4.74 Å². The predicted octanol–water partition coefficient (Wildman–Crippen LogP) is 1.68. The summed E-state index contributed by atoms with van der Waals surface area (Å²) in [5.74, 6) is -0.794. The molecule has 152 valence electrons. The zero-order chi connectivity index (χ0) is 20.6. The fourth-order valence-electron chi connectivity index (χ4n) is 3.36. The van der Waals surface area contributed by atoms with Crippen molar-refractivity contribution in [3.63, 3.8) is 0 Å².